The van der Waals surface area contributed by atoms with Gasteiger partial charge in [-0.3, -0.25) is 4.79 Å². The zero-order chi connectivity index (χ0) is 26.9. The molecule has 0 fully saturated rings. The van der Waals surface area contributed by atoms with Crippen molar-refractivity contribution in [1.82, 2.24) is 20.1 Å². The van der Waals surface area contributed by atoms with Gasteiger partial charge in [0.2, 0.25) is 0 Å². The fourth-order valence-electron chi connectivity index (χ4n) is 4.05. The number of oxazole rings is 1. The average molecular weight is 512 g/mol. The van der Waals surface area contributed by atoms with Crippen molar-refractivity contribution in [3.05, 3.63) is 59.7 Å². The topological polar surface area (TPSA) is 131 Å². The Kier molecular flexibility index (Phi) is 9.87. The van der Waals surface area contributed by atoms with Crippen LogP contribution in [0.5, 0.6) is 0 Å². The van der Waals surface area contributed by atoms with E-state index in [1.165, 1.54) is 0 Å². The van der Waals surface area contributed by atoms with Crippen LogP contribution in [0.4, 0.5) is 10.8 Å². The first kappa shape index (κ1) is 27.9. The number of anilines is 1. The van der Waals surface area contributed by atoms with Crippen molar-refractivity contribution < 1.29 is 24.2 Å². The van der Waals surface area contributed by atoms with Crippen LogP contribution in [-0.4, -0.2) is 89.4 Å². The Bertz CT molecular complexity index is 1160. The van der Waals surface area contributed by atoms with Gasteiger partial charge in [0.1, 0.15) is 5.52 Å². The van der Waals surface area contributed by atoms with Gasteiger partial charge < -0.3 is 35.1 Å². The maximum absolute atomic E-state index is 13.5. The zero-order valence-electron chi connectivity index (χ0n) is 21.8. The first-order chi connectivity index (χ1) is 17.6. The highest BCUT2D eigenvalue weighted by Crippen LogP contribution is 2.22. The number of amides is 2. The van der Waals surface area contributed by atoms with Crippen molar-refractivity contribution in [3.8, 4) is 0 Å². The van der Waals surface area contributed by atoms with Crippen LogP contribution in [0.1, 0.15) is 29.8 Å². The molecule has 0 radical (unpaired) electrons. The largest absolute Gasteiger partial charge is 0.465 e. The van der Waals surface area contributed by atoms with E-state index in [0.717, 1.165) is 12.1 Å². The van der Waals surface area contributed by atoms with E-state index in [9.17, 15) is 19.8 Å². The molecule has 0 aliphatic heterocycles. The second-order valence-electron chi connectivity index (χ2n) is 9.85. The van der Waals surface area contributed by atoms with Crippen LogP contribution < -0.4 is 10.6 Å². The minimum atomic E-state index is -1.23. The number of carbonyl (C=O) groups is 2. The third kappa shape index (κ3) is 8.47. The highest BCUT2D eigenvalue weighted by atomic mass is 16.4. The Morgan fingerprint density at radius 3 is 2.46 bits per heavy atom. The van der Waals surface area contributed by atoms with Crippen LogP contribution in [0, 0.1) is 5.92 Å². The number of hydrogen-bond acceptors (Lipinski definition) is 7. The second-order valence-corrected chi connectivity index (χ2v) is 9.85. The summed E-state index contributed by atoms with van der Waals surface area (Å²) in [5, 5.41) is 25.9. The lowest BCUT2D eigenvalue weighted by molar-refractivity contribution is 0.0509. The molecule has 0 spiro atoms. The number of nitrogens with one attached hydrogen (secondary N) is 2. The maximum Gasteiger partial charge on any atom is 0.404 e. The van der Waals surface area contributed by atoms with E-state index >= 15 is 0 Å². The molecule has 0 unspecified atom stereocenters. The van der Waals surface area contributed by atoms with E-state index in [0.29, 0.717) is 42.2 Å². The number of hydrogen-bond donors (Lipinski definition) is 4. The fourth-order valence-corrected chi connectivity index (χ4v) is 4.05. The summed E-state index contributed by atoms with van der Waals surface area (Å²) < 4.78 is 5.79. The first-order valence-electron chi connectivity index (χ1n) is 12.4. The monoisotopic (exact) mass is 511 g/mol. The number of aliphatic hydroxyl groups excluding tert-OH is 1. The maximum atomic E-state index is 13.5. The number of benzene rings is 2. The summed E-state index contributed by atoms with van der Waals surface area (Å²) in [6.07, 6.45) is -2.04. The van der Waals surface area contributed by atoms with E-state index in [4.69, 9.17) is 4.42 Å². The van der Waals surface area contributed by atoms with E-state index in [1.807, 2.05) is 63.2 Å². The Balaban J connectivity index is 1.77. The highest BCUT2D eigenvalue weighted by Gasteiger charge is 2.27. The molecule has 0 saturated carbocycles. The van der Waals surface area contributed by atoms with Gasteiger partial charge in [-0.2, -0.15) is 4.98 Å². The van der Waals surface area contributed by atoms with Crippen molar-refractivity contribution in [2.24, 2.45) is 5.92 Å². The number of likely N-dealkylation sites (N-methyl/N-ethyl adjacent to an activating group) is 1. The molecule has 0 aliphatic rings. The fraction of sp³-hybridized carbons (Fsp3) is 0.444. The van der Waals surface area contributed by atoms with Crippen LogP contribution in [-0.2, 0) is 6.42 Å². The van der Waals surface area contributed by atoms with E-state index < -0.39 is 18.2 Å². The number of rotatable bonds is 13. The lowest BCUT2D eigenvalue weighted by Gasteiger charge is -2.31. The molecule has 0 bridgehead atoms. The van der Waals surface area contributed by atoms with E-state index in [1.54, 1.807) is 23.1 Å². The van der Waals surface area contributed by atoms with Gasteiger partial charge in [0.15, 0.2) is 5.58 Å². The summed E-state index contributed by atoms with van der Waals surface area (Å²) >= 11 is 0. The molecule has 4 N–H and O–H groups in total. The number of carboxylic acid groups (broad SMARTS) is 1. The number of nitrogens with zero attached hydrogens (tertiary/aromatic N) is 3. The van der Waals surface area contributed by atoms with E-state index in [-0.39, 0.29) is 18.4 Å². The quantitative estimate of drug-likeness (QED) is 0.275. The van der Waals surface area contributed by atoms with Crippen molar-refractivity contribution in [3.63, 3.8) is 0 Å². The molecule has 0 saturated heterocycles. The van der Waals surface area contributed by atoms with Crippen LogP contribution >= 0.6 is 0 Å². The molecule has 2 amide bonds. The molecular formula is C27H37N5O5. The minimum absolute atomic E-state index is 0.0272. The zero-order valence-corrected chi connectivity index (χ0v) is 21.8. The molecule has 200 valence electrons. The summed E-state index contributed by atoms with van der Waals surface area (Å²) in [4.78, 5) is 33.0. The third-order valence-electron chi connectivity index (χ3n) is 5.82. The third-order valence-corrected chi connectivity index (χ3v) is 5.82. The lowest BCUT2D eigenvalue weighted by atomic mass is 10.00. The molecule has 1 aromatic heterocycles. The second kappa shape index (κ2) is 13.1. The minimum Gasteiger partial charge on any atom is -0.465 e. The molecule has 3 aromatic rings. The van der Waals surface area contributed by atoms with E-state index in [2.05, 4.69) is 15.6 Å². The van der Waals surface area contributed by atoms with Gasteiger partial charge in [0.25, 0.3) is 11.9 Å². The number of aromatic nitrogens is 1. The smallest absolute Gasteiger partial charge is 0.404 e. The van der Waals surface area contributed by atoms with Crippen molar-refractivity contribution in [2.75, 3.05) is 45.6 Å². The van der Waals surface area contributed by atoms with Gasteiger partial charge in [-0.1, -0.05) is 44.2 Å². The van der Waals surface area contributed by atoms with Crippen LogP contribution in [0.3, 0.4) is 0 Å². The molecule has 10 heteroatoms. The Morgan fingerprint density at radius 1 is 1.08 bits per heavy atom. The van der Waals surface area contributed by atoms with Crippen LogP contribution in [0.25, 0.3) is 11.1 Å². The standard InChI is InChI=1S/C27H37N5O5/c1-18(2)16-32(17-23(33)22(30-27(35)36)14-19-8-6-5-7-9-19)25(34)20-10-11-21-24(15-20)37-26(29-21)28-12-13-31(3)4/h5-11,15,18,22-23,30,33H,12-14,16-17H2,1-4H3,(H,28,29)(H,35,36)/t22-,23+/m0/s1. The molecule has 3 rings (SSSR count). The van der Waals surface area contributed by atoms with Gasteiger partial charge in [-0.25, -0.2) is 4.79 Å². The summed E-state index contributed by atoms with van der Waals surface area (Å²) in [7, 11) is 3.96. The number of aliphatic hydroxyl groups is 1. The SMILES string of the molecule is CC(C)CN(C[C@@H](O)[C@H](Cc1ccccc1)NC(=O)O)C(=O)c1ccc2nc(NCCN(C)C)oc2c1. The van der Waals surface area contributed by atoms with Gasteiger partial charge in [-0.05, 0) is 50.2 Å². The normalized spacial score (nSPS) is 13.1. The van der Waals surface area contributed by atoms with Crippen LogP contribution in [0.2, 0.25) is 0 Å². The predicted molar refractivity (Wildman–Crippen MR) is 143 cm³/mol. The predicted octanol–water partition coefficient (Wildman–Crippen LogP) is 3.14. The Hall–Kier alpha value is -3.63. The molecule has 0 aliphatic carbocycles. The number of carbonyl (C=O) groups excluding carboxylic acids is 1. The lowest BCUT2D eigenvalue weighted by Crippen LogP contribution is -2.50. The van der Waals surface area contributed by atoms with Crippen molar-refractivity contribution >= 4 is 29.1 Å². The Labute approximate surface area is 217 Å². The molecule has 37 heavy (non-hydrogen) atoms. The van der Waals surface area contributed by atoms with Crippen LogP contribution in [0.15, 0.2) is 52.9 Å². The first-order valence-corrected chi connectivity index (χ1v) is 12.4. The van der Waals surface area contributed by atoms with Gasteiger partial charge in [0, 0.05) is 31.7 Å². The van der Waals surface area contributed by atoms with Crippen molar-refractivity contribution in [1.29, 1.82) is 0 Å². The Morgan fingerprint density at radius 2 is 1.81 bits per heavy atom. The van der Waals surface area contributed by atoms with Gasteiger partial charge in [0.05, 0.1) is 12.1 Å². The number of fused-ring (bicyclic) bond motifs is 1. The summed E-state index contributed by atoms with van der Waals surface area (Å²) in [6.45, 7) is 5.81. The molecule has 1 heterocycles. The molecule has 2 aromatic carbocycles. The van der Waals surface area contributed by atoms with Gasteiger partial charge in [-0.15, -0.1) is 0 Å². The molecule has 2 atom stereocenters. The average Bonchev–Trinajstić information content (AvgIpc) is 3.24. The summed E-state index contributed by atoms with van der Waals surface area (Å²) in [5.41, 5.74) is 2.40. The molecule has 10 nitrogen and oxygen atoms in total. The van der Waals surface area contributed by atoms with Crippen molar-refractivity contribution in [2.45, 2.75) is 32.4 Å². The highest BCUT2D eigenvalue weighted by molar-refractivity contribution is 5.97. The summed E-state index contributed by atoms with van der Waals surface area (Å²) in [5.74, 6) is -0.139. The molecular weight excluding hydrogens is 474 g/mol. The summed E-state index contributed by atoms with van der Waals surface area (Å²) in [6, 6.07) is 14.0. The van der Waals surface area contributed by atoms with Gasteiger partial charge >= 0.3 is 6.09 Å².